The molecule has 0 bridgehead atoms. The van der Waals surface area contributed by atoms with Crippen molar-refractivity contribution in [1.82, 2.24) is 10.2 Å². The number of nitrogens with zero attached hydrogens (tertiary/aromatic N) is 1. The number of benzene rings is 2. The zero-order valence-electron chi connectivity index (χ0n) is 15.9. The summed E-state index contributed by atoms with van der Waals surface area (Å²) in [4.78, 5) is 27.7. The fraction of sp³-hybridized carbons (Fsp3) is 0.333. The first kappa shape index (κ1) is 21.3. The lowest BCUT2D eigenvalue weighted by atomic mass is 10.1. The van der Waals surface area contributed by atoms with E-state index in [1.54, 1.807) is 30.6 Å². The highest BCUT2D eigenvalue weighted by atomic mass is 35.5. The lowest BCUT2D eigenvalue weighted by molar-refractivity contribution is -0.140. The van der Waals surface area contributed by atoms with E-state index in [1.807, 2.05) is 55.5 Å². The van der Waals surface area contributed by atoms with Crippen LogP contribution < -0.4 is 5.32 Å². The number of hydrogen-bond acceptors (Lipinski definition) is 3. The van der Waals surface area contributed by atoms with E-state index in [0.29, 0.717) is 23.7 Å². The van der Waals surface area contributed by atoms with Crippen LogP contribution in [0.3, 0.4) is 0 Å². The Morgan fingerprint density at radius 1 is 1.15 bits per heavy atom. The molecule has 0 aliphatic rings. The van der Waals surface area contributed by atoms with E-state index in [4.69, 9.17) is 11.6 Å². The third-order valence-corrected chi connectivity index (χ3v) is 5.68. The molecule has 0 spiro atoms. The largest absolute Gasteiger partial charge is 0.357 e. The summed E-state index contributed by atoms with van der Waals surface area (Å²) >= 11 is 7.50. The summed E-state index contributed by atoms with van der Waals surface area (Å²) in [5.41, 5.74) is 2.15. The van der Waals surface area contributed by atoms with E-state index in [-0.39, 0.29) is 11.8 Å². The van der Waals surface area contributed by atoms with Crippen LogP contribution in [0.2, 0.25) is 5.02 Å². The van der Waals surface area contributed by atoms with Gasteiger partial charge in [-0.05, 0) is 49.2 Å². The molecule has 27 heavy (non-hydrogen) atoms. The third kappa shape index (κ3) is 6.29. The Morgan fingerprint density at radius 2 is 1.81 bits per heavy atom. The van der Waals surface area contributed by atoms with Gasteiger partial charge in [0.2, 0.25) is 11.8 Å². The maximum atomic E-state index is 12.9. The number of hydrogen-bond donors (Lipinski definition) is 1. The van der Waals surface area contributed by atoms with Gasteiger partial charge in [0.05, 0.1) is 0 Å². The molecular weight excluding hydrogens is 380 g/mol. The second kappa shape index (κ2) is 10.4. The topological polar surface area (TPSA) is 49.4 Å². The molecular formula is C21H25ClN2O2S. The number of likely N-dealkylation sites (N-methyl/N-ethyl adjacent to an activating group) is 1. The summed E-state index contributed by atoms with van der Waals surface area (Å²) in [5, 5.41) is 3.33. The van der Waals surface area contributed by atoms with E-state index in [1.165, 1.54) is 0 Å². The number of amides is 2. The number of nitrogens with one attached hydrogen (secondary N) is 1. The van der Waals surface area contributed by atoms with Gasteiger partial charge in [0.15, 0.2) is 0 Å². The van der Waals surface area contributed by atoms with Crippen LogP contribution >= 0.6 is 23.4 Å². The second-order valence-electron chi connectivity index (χ2n) is 6.29. The summed E-state index contributed by atoms with van der Waals surface area (Å²) in [6.07, 6.45) is 0.362. The van der Waals surface area contributed by atoms with Gasteiger partial charge >= 0.3 is 0 Å². The van der Waals surface area contributed by atoms with Crippen molar-refractivity contribution in [2.45, 2.75) is 37.8 Å². The lowest BCUT2D eigenvalue weighted by Gasteiger charge is -2.29. The smallest absolute Gasteiger partial charge is 0.242 e. The molecule has 2 aromatic rings. The van der Waals surface area contributed by atoms with Crippen molar-refractivity contribution in [3.8, 4) is 0 Å². The quantitative estimate of drug-likeness (QED) is 0.667. The molecule has 2 rings (SSSR count). The molecule has 6 heteroatoms. The van der Waals surface area contributed by atoms with Crippen LogP contribution in [0.15, 0.2) is 53.4 Å². The van der Waals surface area contributed by atoms with Gasteiger partial charge in [-0.2, -0.15) is 0 Å². The molecule has 0 saturated carbocycles. The molecule has 4 nitrogen and oxygen atoms in total. The number of rotatable bonds is 8. The molecule has 2 aromatic carbocycles. The predicted molar refractivity (Wildman–Crippen MR) is 112 cm³/mol. The summed E-state index contributed by atoms with van der Waals surface area (Å²) < 4.78 is 0. The molecule has 1 N–H and O–H groups in total. The fourth-order valence-electron chi connectivity index (χ4n) is 2.69. The van der Waals surface area contributed by atoms with Crippen molar-refractivity contribution < 1.29 is 9.59 Å². The Balaban J connectivity index is 2.04. The monoisotopic (exact) mass is 404 g/mol. The van der Waals surface area contributed by atoms with Gasteiger partial charge in [-0.25, -0.2) is 0 Å². The van der Waals surface area contributed by atoms with Gasteiger partial charge in [0.1, 0.15) is 6.04 Å². The second-order valence-corrected chi connectivity index (χ2v) is 7.90. The van der Waals surface area contributed by atoms with Gasteiger partial charge in [-0.3, -0.25) is 9.59 Å². The molecule has 0 fully saturated rings. The summed E-state index contributed by atoms with van der Waals surface area (Å²) in [6.45, 7) is 4.20. The van der Waals surface area contributed by atoms with Crippen molar-refractivity contribution >= 4 is 35.2 Å². The normalized spacial score (nSPS) is 11.7. The maximum absolute atomic E-state index is 12.9. The van der Waals surface area contributed by atoms with Gasteiger partial charge in [-0.1, -0.05) is 35.9 Å². The maximum Gasteiger partial charge on any atom is 0.242 e. The van der Waals surface area contributed by atoms with E-state index >= 15 is 0 Å². The van der Waals surface area contributed by atoms with E-state index < -0.39 is 6.04 Å². The first-order valence-corrected chi connectivity index (χ1v) is 10.2. The number of carbonyl (C=O) groups is 2. The molecule has 0 heterocycles. The van der Waals surface area contributed by atoms with Crippen LogP contribution in [0, 0.1) is 6.92 Å². The Hall–Kier alpha value is -1.98. The average Bonchev–Trinajstić information content (AvgIpc) is 2.67. The first-order chi connectivity index (χ1) is 12.9. The van der Waals surface area contributed by atoms with E-state index in [9.17, 15) is 9.59 Å². The van der Waals surface area contributed by atoms with Crippen molar-refractivity contribution in [2.24, 2.45) is 0 Å². The molecule has 1 atom stereocenters. The molecule has 0 aliphatic carbocycles. The molecule has 0 aromatic heterocycles. The highest BCUT2D eigenvalue weighted by Gasteiger charge is 2.25. The SMILES string of the molecule is CNC(=O)C(C)N(Cc1ccccc1C)C(=O)CCSc1ccc(Cl)cc1. The van der Waals surface area contributed by atoms with Crippen molar-refractivity contribution in [2.75, 3.05) is 12.8 Å². The Kier molecular flexibility index (Phi) is 8.20. The molecule has 0 saturated heterocycles. The average molecular weight is 405 g/mol. The van der Waals surface area contributed by atoms with Gasteiger partial charge in [0.25, 0.3) is 0 Å². The van der Waals surface area contributed by atoms with Crippen LogP contribution in [0.4, 0.5) is 0 Å². The summed E-state index contributed by atoms with van der Waals surface area (Å²) in [5.74, 6) is 0.448. The summed E-state index contributed by atoms with van der Waals surface area (Å²) in [7, 11) is 1.59. The van der Waals surface area contributed by atoms with E-state index in [2.05, 4.69) is 5.32 Å². The third-order valence-electron chi connectivity index (χ3n) is 4.41. The highest BCUT2D eigenvalue weighted by Crippen LogP contribution is 2.22. The number of aryl methyl sites for hydroxylation is 1. The molecule has 0 aliphatic heterocycles. The molecule has 0 radical (unpaired) electrons. The summed E-state index contributed by atoms with van der Waals surface area (Å²) in [6, 6.07) is 15.0. The van der Waals surface area contributed by atoms with Gasteiger partial charge in [-0.15, -0.1) is 11.8 Å². The molecule has 1 unspecified atom stereocenters. The van der Waals surface area contributed by atoms with Crippen LogP contribution in [-0.4, -0.2) is 35.6 Å². The highest BCUT2D eigenvalue weighted by molar-refractivity contribution is 7.99. The van der Waals surface area contributed by atoms with Crippen LogP contribution in [0.1, 0.15) is 24.5 Å². The molecule has 144 valence electrons. The zero-order chi connectivity index (χ0) is 19.8. The fourth-order valence-corrected chi connectivity index (χ4v) is 3.66. The first-order valence-electron chi connectivity index (χ1n) is 8.86. The van der Waals surface area contributed by atoms with Crippen molar-refractivity contribution in [1.29, 1.82) is 0 Å². The van der Waals surface area contributed by atoms with Crippen molar-refractivity contribution in [3.05, 3.63) is 64.7 Å². The van der Waals surface area contributed by atoms with Gasteiger partial charge in [0, 0.05) is 35.7 Å². The number of thioether (sulfide) groups is 1. The minimum absolute atomic E-state index is 0.0317. The Bertz CT molecular complexity index is 780. The Labute approximate surface area is 170 Å². The lowest BCUT2D eigenvalue weighted by Crippen LogP contribution is -2.46. The van der Waals surface area contributed by atoms with Crippen LogP contribution in [0.25, 0.3) is 0 Å². The minimum atomic E-state index is -0.525. The zero-order valence-corrected chi connectivity index (χ0v) is 17.4. The molecule has 2 amide bonds. The number of carbonyl (C=O) groups excluding carboxylic acids is 2. The number of halogens is 1. The predicted octanol–water partition coefficient (Wildman–Crippen LogP) is 4.29. The van der Waals surface area contributed by atoms with Crippen LogP contribution in [0.5, 0.6) is 0 Å². The minimum Gasteiger partial charge on any atom is -0.357 e. The standard InChI is InChI=1S/C21H25ClN2O2S/c1-15-6-4-5-7-17(15)14-24(16(2)21(26)23-3)20(25)12-13-27-19-10-8-18(22)9-11-19/h4-11,16H,12-14H2,1-3H3,(H,23,26). The van der Waals surface area contributed by atoms with Crippen molar-refractivity contribution in [3.63, 3.8) is 0 Å². The van der Waals surface area contributed by atoms with E-state index in [0.717, 1.165) is 16.0 Å². The van der Waals surface area contributed by atoms with Crippen LogP contribution in [-0.2, 0) is 16.1 Å². The Morgan fingerprint density at radius 3 is 2.44 bits per heavy atom. The van der Waals surface area contributed by atoms with Gasteiger partial charge < -0.3 is 10.2 Å².